The first kappa shape index (κ1) is 39.2. The van der Waals surface area contributed by atoms with Gasteiger partial charge in [0.15, 0.2) is 6.10 Å². The number of esters is 1. The Kier molecular flexibility index (Phi) is 18.0. The quantitative estimate of drug-likeness (QED) is 0.0504. The highest BCUT2D eigenvalue weighted by molar-refractivity contribution is 5.93. The lowest BCUT2D eigenvalue weighted by Gasteiger charge is -2.22. The number of nitrogens with one attached hydrogen (secondary N) is 6. The number of unbranched alkanes of at least 4 members (excludes halogenated alkanes) is 1. The van der Waals surface area contributed by atoms with Gasteiger partial charge in [-0.15, -0.1) is 0 Å². The highest BCUT2D eigenvalue weighted by Gasteiger charge is 2.28. The van der Waals surface area contributed by atoms with Crippen LogP contribution in [0.2, 0.25) is 0 Å². The molecule has 44 heavy (non-hydrogen) atoms. The number of ether oxygens (including phenoxy) is 1. The molecule has 0 heterocycles. The molecule has 0 spiro atoms. The molecule has 0 aromatic rings. The topological polar surface area (TPSA) is 275 Å². The van der Waals surface area contributed by atoms with E-state index in [0.29, 0.717) is 19.4 Å². The van der Waals surface area contributed by atoms with Crippen LogP contribution in [0.1, 0.15) is 66.7 Å². The summed E-state index contributed by atoms with van der Waals surface area (Å²) in [5.74, 6) is -7.68. The molecule has 8 N–H and O–H groups in total. The van der Waals surface area contributed by atoms with Crippen LogP contribution in [0.3, 0.4) is 0 Å². The first-order chi connectivity index (χ1) is 20.4. The molecule has 0 bridgehead atoms. The molecule has 0 saturated carbocycles. The zero-order valence-corrected chi connectivity index (χ0v) is 25.3. The van der Waals surface area contributed by atoms with Gasteiger partial charge in [-0.2, -0.15) is 0 Å². The zero-order valence-electron chi connectivity index (χ0n) is 25.3. The standard InChI is InChI=1S/C26H42N6O12/c1-13(29-21(36)12-28-17(5)34)22(37)32-19(25(41)42)9-10-20(35)31-18(8-6-7-11-27-16(4)33)23(38)30-14(2)26(43)44-15(3)24(39)40/h13-15,18-19H,6-12H2,1-5H3,(H,27,33)(H,28,34)(H,29,36)(H,30,38)(H,31,35)(H,32,37)(H,39,40)(H,41,42)/t13-,14+,15+,18-,19+/m0/s1. The van der Waals surface area contributed by atoms with Gasteiger partial charge in [0.25, 0.3) is 0 Å². The maximum atomic E-state index is 12.9. The Morgan fingerprint density at radius 3 is 1.80 bits per heavy atom. The van der Waals surface area contributed by atoms with Gasteiger partial charge in [0.1, 0.15) is 24.2 Å². The second-order valence-electron chi connectivity index (χ2n) is 9.88. The molecule has 0 aromatic heterocycles. The monoisotopic (exact) mass is 630 g/mol. The number of carboxylic acid groups (broad SMARTS) is 2. The van der Waals surface area contributed by atoms with Crippen LogP contribution in [-0.2, 0) is 47.9 Å². The predicted molar refractivity (Wildman–Crippen MR) is 150 cm³/mol. The van der Waals surface area contributed by atoms with Crippen LogP contribution in [0.4, 0.5) is 0 Å². The second-order valence-corrected chi connectivity index (χ2v) is 9.88. The number of carbonyl (C=O) groups excluding carboxylic acids is 7. The fraction of sp³-hybridized carbons (Fsp3) is 0.654. The number of aliphatic carboxylic acids is 2. The second kappa shape index (κ2) is 20.2. The molecule has 18 nitrogen and oxygen atoms in total. The van der Waals surface area contributed by atoms with Crippen molar-refractivity contribution in [2.75, 3.05) is 13.1 Å². The lowest BCUT2D eigenvalue weighted by molar-refractivity contribution is -0.164. The number of hydrogen-bond acceptors (Lipinski definition) is 10. The van der Waals surface area contributed by atoms with E-state index in [9.17, 15) is 48.3 Å². The Hall–Kier alpha value is -4.77. The van der Waals surface area contributed by atoms with Crippen molar-refractivity contribution in [3.8, 4) is 0 Å². The summed E-state index contributed by atoms with van der Waals surface area (Å²) >= 11 is 0. The molecule has 6 amide bonds. The van der Waals surface area contributed by atoms with E-state index in [1.54, 1.807) is 0 Å². The molecule has 5 atom stereocenters. The van der Waals surface area contributed by atoms with Gasteiger partial charge < -0.3 is 46.9 Å². The minimum atomic E-state index is -1.53. The summed E-state index contributed by atoms with van der Waals surface area (Å²) in [7, 11) is 0. The average Bonchev–Trinajstić information content (AvgIpc) is 2.92. The van der Waals surface area contributed by atoms with Gasteiger partial charge >= 0.3 is 17.9 Å². The van der Waals surface area contributed by atoms with Crippen LogP contribution < -0.4 is 31.9 Å². The van der Waals surface area contributed by atoms with E-state index in [1.807, 2.05) is 0 Å². The molecular formula is C26H42N6O12. The van der Waals surface area contributed by atoms with Crippen LogP contribution in [0.25, 0.3) is 0 Å². The summed E-state index contributed by atoms with van der Waals surface area (Å²) in [5.41, 5.74) is 0. The third-order valence-corrected chi connectivity index (χ3v) is 5.84. The van der Waals surface area contributed by atoms with E-state index < -0.39 is 84.1 Å². The van der Waals surface area contributed by atoms with Gasteiger partial charge in [-0.3, -0.25) is 28.8 Å². The lowest BCUT2D eigenvalue weighted by atomic mass is 10.1. The average molecular weight is 631 g/mol. The third kappa shape index (κ3) is 17.2. The highest BCUT2D eigenvalue weighted by Crippen LogP contribution is 2.06. The minimum Gasteiger partial charge on any atom is -0.480 e. The zero-order chi connectivity index (χ0) is 34.0. The molecule has 0 radical (unpaired) electrons. The van der Waals surface area contributed by atoms with Gasteiger partial charge in [-0.25, -0.2) is 14.4 Å². The molecule has 0 aliphatic carbocycles. The Morgan fingerprint density at radius 1 is 0.636 bits per heavy atom. The Bertz CT molecular complexity index is 1080. The SMILES string of the molecule is CC(=O)NCCCC[C@H](NC(=O)CC[C@@H](NC(=O)[C@H](C)NC(=O)CNC(C)=O)C(=O)O)C(=O)N[C@H](C)C(=O)O[C@H](C)C(=O)O. The van der Waals surface area contributed by atoms with Crippen molar-refractivity contribution in [2.45, 2.75) is 97.0 Å². The maximum Gasteiger partial charge on any atom is 0.344 e. The lowest BCUT2D eigenvalue weighted by Crippen LogP contribution is -2.52. The van der Waals surface area contributed by atoms with Crippen molar-refractivity contribution in [3.63, 3.8) is 0 Å². The Balaban J connectivity index is 5.25. The van der Waals surface area contributed by atoms with Gasteiger partial charge in [-0.05, 0) is 46.5 Å². The number of hydrogen-bond donors (Lipinski definition) is 8. The van der Waals surface area contributed by atoms with E-state index in [0.717, 1.165) is 6.92 Å². The fourth-order valence-corrected chi connectivity index (χ4v) is 3.37. The first-order valence-electron chi connectivity index (χ1n) is 13.8. The van der Waals surface area contributed by atoms with Gasteiger partial charge in [0, 0.05) is 26.8 Å². The molecule has 18 heteroatoms. The van der Waals surface area contributed by atoms with Crippen LogP contribution >= 0.6 is 0 Å². The summed E-state index contributed by atoms with van der Waals surface area (Å²) in [6, 6.07) is -5.15. The predicted octanol–water partition coefficient (Wildman–Crippen LogP) is -2.71. The summed E-state index contributed by atoms with van der Waals surface area (Å²) in [4.78, 5) is 107. The molecule has 0 unspecified atom stereocenters. The summed E-state index contributed by atoms with van der Waals surface area (Å²) in [5, 5.41) is 32.5. The fourth-order valence-electron chi connectivity index (χ4n) is 3.37. The highest BCUT2D eigenvalue weighted by atomic mass is 16.6. The van der Waals surface area contributed by atoms with Crippen molar-refractivity contribution < 1.29 is 58.1 Å². The number of carbonyl (C=O) groups is 9. The van der Waals surface area contributed by atoms with Gasteiger partial charge in [-0.1, -0.05) is 0 Å². The van der Waals surface area contributed by atoms with Gasteiger partial charge in [0.2, 0.25) is 35.4 Å². The molecule has 0 aliphatic rings. The number of amides is 6. The summed E-state index contributed by atoms with van der Waals surface area (Å²) < 4.78 is 4.74. The maximum absolute atomic E-state index is 12.9. The first-order valence-corrected chi connectivity index (χ1v) is 13.8. The minimum absolute atomic E-state index is 0.0687. The van der Waals surface area contributed by atoms with Crippen LogP contribution in [0, 0.1) is 0 Å². The van der Waals surface area contributed by atoms with E-state index in [1.165, 1.54) is 27.7 Å². The normalized spacial score (nSPS) is 13.8. The molecule has 248 valence electrons. The van der Waals surface area contributed by atoms with E-state index >= 15 is 0 Å². The third-order valence-electron chi connectivity index (χ3n) is 5.84. The van der Waals surface area contributed by atoms with Crippen molar-refractivity contribution >= 4 is 53.4 Å². The largest absolute Gasteiger partial charge is 0.480 e. The van der Waals surface area contributed by atoms with E-state index in [-0.39, 0.29) is 25.3 Å². The Morgan fingerprint density at radius 2 is 1.25 bits per heavy atom. The molecule has 0 fully saturated rings. The van der Waals surface area contributed by atoms with Crippen molar-refractivity contribution in [1.29, 1.82) is 0 Å². The van der Waals surface area contributed by atoms with E-state index in [2.05, 4.69) is 31.9 Å². The molecule has 0 rings (SSSR count). The molecule has 0 aromatic carbocycles. The summed E-state index contributed by atoms with van der Waals surface area (Å²) in [6.07, 6.45) is -1.42. The molecule has 0 aliphatic heterocycles. The summed E-state index contributed by atoms with van der Waals surface area (Å²) in [6.45, 7) is 6.12. The van der Waals surface area contributed by atoms with Crippen LogP contribution in [0.5, 0.6) is 0 Å². The van der Waals surface area contributed by atoms with Crippen molar-refractivity contribution in [1.82, 2.24) is 31.9 Å². The number of rotatable bonds is 20. The Labute approximate surface area is 253 Å². The smallest absolute Gasteiger partial charge is 0.344 e. The van der Waals surface area contributed by atoms with Crippen LogP contribution in [0.15, 0.2) is 0 Å². The van der Waals surface area contributed by atoms with Crippen LogP contribution in [-0.4, -0.2) is 107 Å². The molecular weight excluding hydrogens is 588 g/mol. The van der Waals surface area contributed by atoms with Crippen molar-refractivity contribution in [2.24, 2.45) is 0 Å². The van der Waals surface area contributed by atoms with E-state index in [4.69, 9.17) is 9.84 Å². The molecule has 0 saturated heterocycles. The van der Waals surface area contributed by atoms with Gasteiger partial charge in [0.05, 0.1) is 6.54 Å². The number of carboxylic acids is 2. The van der Waals surface area contributed by atoms with Crippen molar-refractivity contribution in [3.05, 3.63) is 0 Å².